The van der Waals surface area contributed by atoms with Crippen LogP contribution in [0.15, 0.2) is 18.2 Å². The van der Waals surface area contributed by atoms with E-state index in [1.54, 1.807) is 12.1 Å². The van der Waals surface area contributed by atoms with Crippen molar-refractivity contribution in [2.75, 3.05) is 13.1 Å². The third-order valence-electron chi connectivity index (χ3n) is 3.59. The van der Waals surface area contributed by atoms with Gasteiger partial charge in [0.2, 0.25) is 0 Å². The molecule has 106 valence electrons. The monoisotopic (exact) mass is 301 g/mol. The molecule has 0 aliphatic rings. The van der Waals surface area contributed by atoms with Crippen molar-refractivity contribution in [2.24, 2.45) is 0 Å². The zero-order valence-corrected chi connectivity index (χ0v) is 13.5. The van der Waals surface area contributed by atoms with Gasteiger partial charge in [0.25, 0.3) is 0 Å². The maximum Gasteiger partial charge on any atom is 0.156 e. The molecular weight excluding hydrogens is 281 g/mol. The highest BCUT2D eigenvalue weighted by molar-refractivity contribution is 6.42. The number of likely N-dealkylation sites (N-methyl/N-ethyl adjacent to an activating group) is 1. The highest BCUT2D eigenvalue weighted by atomic mass is 35.5. The van der Waals surface area contributed by atoms with Crippen LogP contribution in [0, 0.1) is 0 Å². The van der Waals surface area contributed by atoms with Gasteiger partial charge >= 0.3 is 0 Å². The van der Waals surface area contributed by atoms with E-state index < -0.39 is 5.54 Å². The molecule has 0 aromatic heterocycles. The van der Waals surface area contributed by atoms with E-state index in [0.29, 0.717) is 16.5 Å². The summed E-state index contributed by atoms with van der Waals surface area (Å²) in [6.45, 7) is 9.79. The molecule has 0 aliphatic carbocycles. The summed E-state index contributed by atoms with van der Waals surface area (Å²) >= 11 is 11.9. The van der Waals surface area contributed by atoms with Crippen molar-refractivity contribution >= 4 is 29.0 Å². The first-order chi connectivity index (χ1) is 8.82. The van der Waals surface area contributed by atoms with E-state index in [0.717, 1.165) is 18.7 Å². The Morgan fingerprint density at radius 2 is 1.74 bits per heavy atom. The molecule has 0 spiro atoms. The molecule has 1 aromatic rings. The van der Waals surface area contributed by atoms with Crippen molar-refractivity contribution < 1.29 is 4.79 Å². The molecule has 19 heavy (non-hydrogen) atoms. The predicted molar refractivity (Wildman–Crippen MR) is 82.2 cm³/mol. The Hall–Kier alpha value is -0.570. The lowest BCUT2D eigenvalue weighted by Gasteiger charge is -2.35. The fourth-order valence-corrected chi connectivity index (χ4v) is 2.56. The van der Waals surface area contributed by atoms with E-state index in [1.165, 1.54) is 0 Å². The number of halogens is 2. The average molecular weight is 302 g/mol. The number of benzene rings is 1. The van der Waals surface area contributed by atoms with E-state index in [-0.39, 0.29) is 5.78 Å². The van der Waals surface area contributed by atoms with E-state index in [9.17, 15) is 4.79 Å². The fourth-order valence-electron chi connectivity index (χ4n) is 2.24. The maximum atomic E-state index is 12.5. The minimum Gasteiger partial charge on any atom is -0.297 e. The summed E-state index contributed by atoms with van der Waals surface area (Å²) in [5.74, 6) is 0.189. The molecule has 0 N–H and O–H groups in total. The Morgan fingerprint density at radius 3 is 2.21 bits per heavy atom. The summed E-state index contributed by atoms with van der Waals surface area (Å²) in [5.41, 5.74) is 0.440. The van der Waals surface area contributed by atoms with Gasteiger partial charge in [0, 0.05) is 6.42 Å². The van der Waals surface area contributed by atoms with Crippen molar-refractivity contribution in [3.05, 3.63) is 33.8 Å². The molecule has 0 heterocycles. The number of nitrogens with zero attached hydrogens (tertiary/aromatic N) is 1. The number of rotatable bonds is 6. The van der Waals surface area contributed by atoms with Crippen LogP contribution >= 0.6 is 23.2 Å². The standard InChI is InChI=1S/C15H21Cl2NO/c1-5-18(6-2)15(3,4)14(19)10-11-7-8-12(16)13(17)9-11/h7-9H,5-6,10H2,1-4H3. The minimum atomic E-state index is -0.463. The van der Waals surface area contributed by atoms with E-state index in [4.69, 9.17) is 23.2 Å². The second kappa shape index (κ2) is 6.74. The molecule has 0 radical (unpaired) electrons. The Kier molecular flexibility index (Phi) is 5.84. The number of ketones is 1. The smallest absolute Gasteiger partial charge is 0.156 e. The van der Waals surface area contributed by atoms with E-state index in [2.05, 4.69) is 18.7 Å². The van der Waals surface area contributed by atoms with Gasteiger partial charge in [-0.2, -0.15) is 0 Å². The molecule has 0 saturated carbocycles. The van der Waals surface area contributed by atoms with Gasteiger partial charge in [-0.3, -0.25) is 9.69 Å². The van der Waals surface area contributed by atoms with E-state index in [1.807, 2.05) is 19.9 Å². The van der Waals surface area contributed by atoms with Crippen molar-refractivity contribution in [2.45, 2.75) is 39.7 Å². The summed E-state index contributed by atoms with van der Waals surface area (Å²) in [4.78, 5) is 14.6. The first-order valence-electron chi connectivity index (χ1n) is 6.55. The second-order valence-corrected chi connectivity index (χ2v) is 5.89. The van der Waals surface area contributed by atoms with Crippen LogP contribution in [0.1, 0.15) is 33.3 Å². The summed E-state index contributed by atoms with van der Waals surface area (Å²) in [6.07, 6.45) is 0.375. The normalized spacial score (nSPS) is 11.9. The number of carbonyl (C=O) groups excluding carboxylic acids is 1. The number of hydrogen-bond acceptors (Lipinski definition) is 2. The topological polar surface area (TPSA) is 20.3 Å². The Labute approximate surface area is 125 Å². The highest BCUT2D eigenvalue weighted by Crippen LogP contribution is 2.24. The Bertz CT molecular complexity index is 453. The molecule has 0 unspecified atom stereocenters. The van der Waals surface area contributed by atoms with Crippen LogP contribution in [0.2, 0.25) is 10.0 Å². The molecule has 0 saturated heterocycles. The summed E-state index contributed by atoms with van der Waals surface area (Å²) in [7, 11) is 0. The molecule has 1 rings (SSSR count). The Morgan fingerprint density at radius 1 is 1.16 bits per heavy atom. The van der Waals surface area contributed by atoms with Gasteiger partial charge in [-0.15, -0.1) is 0 Å². The summed E-state index contributed by atoms with van der Waals surface area (Å²) < 4.78 is 0. The molecule has 1 aromatic carbocycles. The van der Waals surface area contributed by atoms with Gasteiger partial charge in [0.05, 0.1) is 15.6 Å². The van der Waals surface area contributed by atoms with Gasteiger partial charge < -0.3 is 0 Å². The fraction of sp³-hybridized carbons (Fsp3) is 0.533. The van der Waals surface area contributed by atoms with Crippen molar-refractivity contribution in [3.8, 4) is 0 Å². The SMILES string of the molecule is CCN(CC)C(C)(C)C(=O)Cc1ccc(Cl)c(Cl)c1. The number of Topliss-reactive ketones (excluding diaryl/α,β-unsaturated/α-hetero) is 1. The summed E-state index contributed by atoms with van der Waals surface area (Å²) in [6, 6.07) is 5.35. The summed E-state index contributed by atoms with van der Waals surface area (Å²) in [5, 5.41) is 1.01. The van der Waals surface area contributed by atoms with Crippen molar-refractivity contribution in [3.63, 3.8) is 0 Å². The number of carbonyl (C=O) groups is 1. The molecular formula is C15H21Cl2NO. The zero-order valence-electron chi connectivity index (χ0n) is 12.0. The Balaban J connectivity index is 2.86. The molecule has 0 atom stereocenters. The van der Waals surface area contributed by atoms with Gasteiger partial charge in [-0.05, 0) is 44.6 Å². The predicted octanol–water partition coefficient (Wildman–Crippen LogP) is 4.23. The quantitative estimate of drug-likeness (QED) is 0.784. The lowest BCUT2D eigenvalue weighted by Crippen LogP contribution is -2.50. The third-order valence-corrected chi connectivity index (χ3v) is 4.32. The van der Waals surface area contributed by atoms with E-state index >= 15 is 0 Å². The van der Waals surface area contributed by atoms with Crippen LogP contribution in [-0.2, 0) is 11.2 Å². The van der Waals surface area contributed by atoms with Gasteiger partial charge in [0.1, 0.15) is 0 Å². The van der Waals surface area contributed by atoms with Crippen molar-refractivity contribution in [1.82, 2.24) is 4.90 Å². The zero-order chi connectivity index (χ0) is 14.6. The number of hydrogen-bond donors (Lipinski definition) is 0. The molecule has 0 fully saturated rings. The van der Waals surface area contributed by atoms with Crippen LogP contribution < -0.4 is 0 Å². The first kappa shape index (κ1) is 16.5. The maximum absolute atomic E-state index is 12.5. The second-order valence-electron chi connectivity index (χ2n) is 5.08. The average Bonchev–Trinajstić information content (AvgIpc) is 2.35. The van der Waals surface area contributed by atoms with Crippen LogP contribution in [-0.4, -0.2) is 29.3 Å². The first-order valence-corrected chi connectivity index (χ1v) is 7.30. The molecule has 2 nitrogen and oxygen atoms in total. The van der Waals surface area contributed by atoms with Crippen molar-refractivity contribution in [1.29, 1.82) is 0 Å². The van der Waals surface area contributed by atoms with Crippen LogP contribution in [0.3, 0.4) is 0 Å². The minimum absolute atomic E-state index is 0.189. The lowest BCUT2D eigenvalue weighted by atomic mass is 9.91. The van der Waals surface area contributed by atoms with Gasteiger partial charge in [0.15, 0.2) is 5.78 Å². The largest absolute Gasteiger partial charge is 0.297 e. The van der Waals surface area contributed by atoms with Crippen LogP contribution in [0.4, 0.5) is 0 Å². The lowest BCUT2D eigenvalue weighted by molar-refractivity contribution is -0.128. The van der Waals surface area contributed by atoms with Crippen LogP contribution in [0.5, 0.6) is 0 Å². The highest BCUT2D eigenvalue weighted by Gasteiger charge is 2.32. The molecule has 0 aliphatic heterocycles. The van der Waals surface area contributed by atoms with Gasteiger partial charge in [-0.1, -0.05) is 43.1 Å². The third kappa shape index (κ3) is 3.95. The molecule has 0 bridgehead atoms. The molecule has 0 amide bonds. The molecule has 4 heteroatoms. The van der Waals surface area contributed by atoms with Gasteiger partial charge in [-0.25, -0.2) is 0 Å². The van der Waals surface area contributed by atoms with Crippen LogP contribution in [0.25, 0.3) is 0 Å².